The van der Waals surface area contributed by atoms with Gasteiger partial charge in [0.2, 0.25) is 0 Å². The summed E-state index contributed by atoms with van der Waals surface area (Å²) in [4.78, 5) is 13.7. The van der Waals surface area contributed by atoms with Crippen LogP contribution in [0.1, 0.15) is 31.5 Å². The second kappa shape index (κ2) is 4.35. The molecular weight excluding hydrogens is 232 g/mol. The van der Waals surface area contributed by atoms with Crippen LogP contribution in [-0.4, -0.2) is 43.8 Å². The van der Waals surface area contributed by atoms with Crippen LogP contribution in [0.3, 0.4) is 0 Å². The Morgan fingerprint density at radius 3 is 2.89 bits per heavy atom. The van der Waals surface area contributed by atoms with Gasteiger partial charge in [-0.2, -0.15) is 0 Å². The zero-order chi connectivity index (χ0) is 12.6. The minimum Gasteiger partial charge on any atom is -0.481 e. The number of aliphatic carboxylic acids is 1. The summed E-state index contributed by atoms with van der Waals surface area (Å²) in [6.07, 6.45) is 5.44. The molecule has 0 atom stereocenters. The summed E-state index contributed by atoms with van der Waals surface area (Å²) in [5.41, 5.74) is -0.526. The van der Waals surface area contributed by atoms with Gasteiger partial charge in [0.05, 0.1) is 12.0 Å². The van der Waals surface area contributed by atoms with E-state index in [1.807, 2.05) is 4.57 Å². The van der Waals surface area contributed by atoms with Crippen LogP contribution >= 0.6 is 0 Å². The lowest BCUT2D eigenvalue weighted by atomic mass is 9.85. The number of rotatable bonds is 3. The highest BCUT2D eigenvalue weighted by Crippen LogP contribution is 2.39. The van der Waals surface area contributed by atoms with Crippen LogP contribution in [0.25, 0.3) is 0 Å². The monoisotopic (exact) mass is 250 g/mol. The normalized spacial score (nSPS) is 22.9. The zero-order valence-corrected chi connectivity index (χ0v) is 10.4. The summed E-state index contributed by atoms with van der Waals surface area (Å²) < 4.78 is 2.04. The SMILES string of the molecule is O=C(O)C1(CN2CCn3cnnc3C2)CCCC1. The maximum absolute atomic E-state index is 11.5. The summed E-state index contributed by atoms with van der Waals surface area (Å²) >= 11 is 0. The fourth-order valence-corrected chi connectivity index (χ4v) is 3.17. The van der Waals surface area contributed by atoms with Gasteiger partial charge in [0.1, 0.15) is 12.2 Å². The second-order valence-corrected chi connectivity index (χ2v) is 5.44. The van der Waals surface area contributed by atoms with E-state index >= 15 is 0 Å². The Morgan fingerprint density at radius 2 is 2.17 bits per heavy atom. The van der Waals surface area contributed by atoms with E-state index in [0.29, 0.717) is 6.54 Å². The number of nitrogens with zero attached hydrogens (tertiary/aromatic N) is 4. The molecule has 0 bridgehead atoms. The molecule has 6 nitrogen and oxygen atoms in total. The van der Waals surface area contributed by atoms with Gasteiger partial charge in [0, 0.05) is 19.6 Å². The van der Waals surface area contributed by atoms with Crippen LogP contribution in [0, 0.1) is 5.41 Å². The summed E-state index contributed by atoms with van der Waals surface area (Å²) in [5, 5.41) is 17.5. The van der Waals surface area contributed by atoms with E-state index in [1.54, 1.807) is 6.33 Å². The van der Waals surface area contributed by atoms with Crippen molar-refractivity contribution in [2.24, 2.45) is 5.41 Å². The first-order valence-corrected chi connectivity index (χ1v) is 6.52. The first-order valence-electron chi connectivity index (χ1n) is 6.52. The van der Waals surface area contributed by atoms with E-state index in [-0.39, 0.29) is 0 Å². The van der Waals surface area contributed by atoms with Crippen molar-refractivity contribution in [3.8, 4) is 0 Å². The first kappa shape index (κ1) is 11.6. The summed E-state index contributed by atoms with van der Waals surface area (Å²) in [7, 11) is 0. The molecule has 3 rings (SSSR count). The molecule has 1 saturated carbocycles. The number of carboxylic acid groups (broad SMARTS) is 1. The van der Waals surface area contributed by atoms with Crippen molar-refractivity contribution < 1.29 is 9.90 Å². The van der Waals surface area contributed by atoms with Crippen LogP contribution in [0.15, 0.2) is 6.33 Å². The summed E-state index contributed by atoms with van der Waals surface area (Å²) in [6, 6.07) is 0. The van der Waals surface area contributed by atoms with Crippen molar-refractivity contribution in [2.75, 3.05) is 13.1 Å². The molecule has 0 saturated heterocycles. The highest BCUT2D eigenvalue weighted by molar-refractivity contribution is 5.75. The van der Waals surface area contributed by atoms with Crippen LogP contribution in [0.4, 0.5) is 0 Å². The molecule has 1 aromatic rings. The van der Waals surface area contributed by atoms with Crippen molar-refractivity contribution in [1.29, 1.82) is 0 Å². The molecule has 0 amide bonds. The number of fused-ring (bicyclic) bond motifs is 1. The number of hydrogen-bond acceptors (Lipinski definition) is 4. The molecule has 1 aromatic heterocycles. The van der Waals surface area contributed by atoms with Gasteiger partial charge in [-0.1, -0.05) is 12.8 Å². The molecule has 98 valence electrons. The number of aromatic nitrogens is 3. The molecule has 18 heavy (non-hydrogen) atoms. The third-order valence-corrected chi connectivity index (χ3v) is 4.26. The molecule has 1 fully saturated rings. The Labute approximate surface area is 106 Å². The molecule has 0 unspecified atom stereocenters. The van der Waals surface area contributed by atoms with Crippen LogP contribution in [-0.2, 0) is 17.9 Å². The molecule has 2 aliphatic rings. The topological polar surface area (TPSA) is 71.2 Å². The van der Waals surface area contributed by atoms with Crippen LogP contribution < -0.4 is 0 Å². The van der Waals surface area contributed by atoms with Crippen LogP contribution in [0.5, 0.6) is 0 Å². The smallest absolute Gasteiger partial charge is 0.310 e. The second-order valence-electron chi connectivity index (χ2n) is 5.44. The molecule has 1 aliphatic heterocycles. The highest BCUT2D eigenvalue weighted by atomic mass is 16.4. The Kier molecular flexibility index (Phi) is 2.81. The lowest BCUT2D eigenvalue weighted by Crippen LogP contribution is -2.44. The third-order valence-electron chi connectivity index (χ3n) is 4.26. The van der Waals surface area contributed by atoms with Gasteiger partial charge in [-0.05, 0) is 12.8 Å². The molecule has 1 N–H and O–H groups in total. The van der Waals surface area contributed by atoms with Crippen molar-refractivity contribution in [1.82, 2.24) is 19.7 Å². The third kappa shape index (κ3) is 1.90. The molecule has 6 heteroatoms. The largest absolute Gasteiger partial charge is 0.481 e. The number of hydrogen-bond donors (Lipinski definition) is 1. The lowest BCUT2D eigenvalue weighted by Gasteiger charge is -2.34. The van der Waals surface area contributed by atoms with Crippen molar-refractivity contribution in [2.45, 2.75) is 38.8 Å². The quantitative estimate of drug-likeness (QED) is 0.856. The van der Waals surface area contributed by atoms with Gasteiger partial charge in [-0.3, -0.25) is 9.69 Å². The molecular formula is C12H18N4O2. The Morgan fingerprint density at radius 1 is 1.39 bits per heavy atom. The molecule has 0 spiro atoms. The van der Waals surface area contributed by atoms with Gasteiger partial charge in [-0.25, -0.2) is 0 Å². The van der Waals surface area contributed by atoms with Gasteiger partial charge in [0.25, 0.3) is 0 Å². The van der Waals surface area contributed by atoms with Crippen molar-refractivity contribution >= 4 is 5.97 Å². The molecule has 0 aromatic carbocycles. The van der Waals surface area contributed by atoms with E-state index in [2.05, 4.69) is 15.1 Å². The number of carbonyl (C=O) groups is 1. The van der Waals surface area contributed by atoms with Gasteiger partial charge < -0.3 is 9.67 Å². The molecule has 0 radical (unpaired) electrons. The average Bonchev–Trinajstić information content (AvgIpc) is 2.97. The lowest BCUT2D eigenvalue weighted by molar-refractivity contribution is -0.150. The van der Waals surface area contributed by atoms with Crippen molar-refractivity contribution in [3.05, 3.63) is 12.2 Å². The standard InChI is InChI=1S/C12H18N4O2/c17-11(18)12(3-1-2-4-12)8-15-5-6-16-9-13-14-10(16)7-15/h9H,1-8H2,(H,17,18). The fourth-order valence-electron chi connectivity index (χ4n) is 3.17. The maximum Gasteiger partial charge on any atom is 0.310 e. The number of carboxylic acids is 1. The average molecular weight is 250 g/mol. The molecule has 1 aliphatic carbocycles. The van der Waals surface area contributed by atoms with E-state index < -0.39 is 11.4 Å². The van der Waals surface area contributed by atoms with Gasteiger partial charge in [-0.15, -0.1) is 10.2 Å². The van der Waals surface area contributed by atoms with E-state index in [0.717, 1.165) is 51.1 Å². The molecule has 2 heterocycles. The van der Waals surface area contributed by atoms with Gasteiger partial charge in [0.15, 0.2) is 0 Å². The van der Waals surface area contributed by atoms with Crippen LogP contribution in [0.2, 0.25) is 0 Å². The predicted octanol–water partition coefficient (Wildman–Crippen LogP) is 0.739. The first-order chi connectivity index (χ1) is 8.70. The summed E-state index contributed by atoms with van der Waals surface area (Å²) in [5.74, 6) is 0.312. The Hall–Kier alpha value is -1.43. The summed E-state index contributed by atoms with van der Waals surface area (Å²) in [6.45, 7) is 3.11. The minimum absolute atomic E-state index is 0.526. The maximum atomic E-state index is 11.5. The fraction of sp³-hybridized carbons (Fsp3) is 0.750. The minimum atomic E-state index is -0.632. The Balaban J connectivity index is 1.72. The van der Waals surface area contributed by atoms with E-state index in [4.69, 9.17) is 0 Å². The zero-order valence-electron chi connectivity index (χ0n) is 10.4. The highest BCUT2D eigenvalue weighted by Gasteiger charge is 2.43. The Bertz CT molecular complexity index is 451. The van der Waals surface area contributed by atoms with Crippen molar-refractivity contribution in [3.63, 3.8) is 0 Å². The van der Waals surface area contributed by atoms with E-state index in [9.17, 15) is 9.90 Å². The van der Waals surface area contributed by atoms with E-state index in [1.165, 1.54) is 0 Å². The van der Waals surface area contributed by atoms with Gasteiger partial charge >= 0.3 is 5.97 Å². The predicted molar refractivity (Wildman–Crippen MR) is 63.8 cm³/mol.